The third-order valence-corrected chi connectivity index (χ3v) is 3.07. The minimum Gasteiger partial charge on any atom is -0.357 e. The number of halogens is 3. The molecule has 0 heterocycles. The zero-order chi connectivity index (χ0) is 18.2. The summed E-state index contributed by atoms with van der Waals surface area (Å²) in [6.45, 7) is 2.46. The Morgan fingerprint density at radius 2 is 1.79 bits per heavy atom. The van der Waals surface area contributed by atoms with Crippen molar-refractivity contribution >= 4 is 11.9 Å². The van der Waals surface area contributed by atoms with Crippen LogP contribution < -0.4 is 10.6 Å². The number of aliphatic imine (C=N–C) groups is 1. The van der Waals surface area contributed by atoms with Crippen LogP contribution in [0, 0.1) is 0 Å². The number of amides is 1. The van der Waals surface area contributed by atoms with Gasteiger partial charge in [-0.1, -0.05) is 12.1 Å². The van der Waals surface area contributed by atoms with E-state index in [0.29, 0.717) is 24.6 Å². The standard InChI is InChI=1S/C16H23F3N4O/c1-4-20-15(21-10-9-16(17,18)19)22-11-12-5-7-13(8-6-12)14(24)23(2)3/h5-8H,4,9-11H2,1-3H3,(H2,20,21,22). The van der Waals surface area contributed by atoms with Gasteiger partial charge in [-0.25, -0.2) is 4.99 Å². The highest BCUT2D eigenvalue weighted by Gasteiger charge is 2.26. The number of nitrogens with zero attached hydrogens (tertiary/aromatic N) is 2. The van der Waals surface area contributed by atoms with Gasteiger partial charge in [0.2, 0.25) is 0 Å². The van der Waals surface area contributed by atoms with Gasteiger partial charge in [0.15, 0.2) is 5.96 Å². The number of alkyl halides is 3. The van der Waals surface area contributed by atoms with Crippen LogP contribution in [0.25, 0.3) is 0 Å². The van der Waals surface area contributed by atoms with Gasteiger partial charge in [-0.2, -0.15) is 13.2 Å². The summed E-state index contributed by atoms with van der Waals surface area (Å²) in [5.41, 5.74) is 1.43. The van der Waals surface area contributed by atoms with E-state index in [4.69, 9.17) is 0 Å². The second kappa shape index (κ2) is 9.14. The van der Waals surface area contributed by atoms with Gasteiger partial charge in [0.05, 0.1) is 13.0 Å². The topological polar surface area (TPSA) is 56.7 Å². The van der Waals surface area contributed by atoms with E-state index in [9.17, 15) is 18.0 Å². The number of nitrogens with one attached hydrogen (secondary N) is 2. The van der Waals surface area contributed by atoms with E-state index in [1.54, 1.807) is 38.4 Å². The van der Waals surface area contributed by atoms with Crippen molar-refractivity contribution in [3.63, 3.8) is 0 Å². The minimum absolute atomic E-state index is 0.0905. The van der Waals surface area contributed by atoms with Crippen LogP contribution in [-0.2, 0) is 6.54 Å². The molecule has 0 unspecified atom stereocenters. The molecule has 0 fully saturated rings. The van der Waals surface area contributed by atoms with Crippen LogP contribution in [-0.4, -0.2) is 50.1 Å². The van der Waals surface area contributed by atoms with Crippen molar-refractivity contribution in [3.05, 3.63) is 35.4 Å². The van der Waals surface area contributed by atoms with Gasteiger partial charge in [-0.15, -0.1) is 0 Å². The molecular formula is C16H23F3N4O. The highest BCUT2D eigenvalue weighted by Crippen LogP contribution is 2.18. The van der Waals surface area contributed by atoms with E-state index in [2.05, 4.69) is 15.6 Å². The lowest BCUT2D eigenvalue weighted by atomic mass is 10.1. The van der Waals surface area contributed by atoms with Gasteiger partial charge in [0.1, 0.15) is 0 Å². The molecule has 134 valence electrons. The molecule has 1 amide bonds. The fraction of sp³-hybridized carbons (Fsp3) is 0.500. The minimum atomic E-state index is -4.20. The maximum Gasteiger partial charge on any atom is 0.390 e. The Hall–Kier alpha value is -2.25. The van der Waals surface area contributed by atoms with Crippen molar-refractivity contribution < 1.29 is 18.0 Å². The molecule has 0 bridgehead atoms. The number of rotatable bonds is 6. The lowest BCUT2D eigenvalue weighted by Crippen LogP contribution is -2.38. The largest absolute Gasteiger partial charge is 0.390 e. The van der Waals surface area contributed by atoms with E-state index < -0.39 is 12.6 Å². The Labute approximate surface area is 139 Å². The van der Waals surface area contributed by atoms with Gasteiger partial charge < -0.3 is 15.5 Å². The summed E-state index contributed by atoms with van der Waals surface area (Å²) < 4.78 is 36.5. The van der Waals surface area contributed by atoms with Crippen LogP contribution in [0.2, 0.25) is 0 Å². The first kappa shape index (κ1) is 19.8. The van der Waals surface area contributed by atoms with Crippen LogP contribution in [0.5, 0.6) is 0 Å². The number of guanidine groups is 1. The summed E-state index contributed by atoms with van der Waals surface area (Å²) in [5, 5.41) is 5.54. The zero-order valence-electron chi connectivity index (χ0n) is 14.1. The number of hydrogen-bond donors (Lipinski definition) is 2. The first-order valence-electron chi connectivity index (χ1n) is 7.62. The van der Waals surface area contributed by atoms with Crippen LogP contribution in [0.4, 0.5) is 13.2 Å². The van der Waals surface area contributed by atoms with Crippen LogP contribution >= 0.6 is 0 Å². The van der Waals surface area contributed by atoms with Crippen molar-refractivity contribution in [1.82, 2.24) is 15.5 Å². The Bertz CT molecular complexity index is 553. The van der Waals surface area contributed by atoms with Gasteiger partial charge in [0, 0.05) is 32.7 Å². The van der Waals surface area contributed by atoms with Gasteiger partial charge in [-0.05, 0) is 24.6 Å². The van der Waals surface area contributed by atoms with Crippen LogP contribution in [0.3, 0.4) is 0 Å². The van der Waals surface area contributed by atoms with Crippen molar-refractivity contribution in [2.45, 2.75) is 26.1 Å². The molecule has 0 saturated heterocycles. The summed E-state index contributed by atoms with van der Waals surface area (Å²) >= 11 is 0. The Morgan fingerprint density at radius 1 is 1.17 bits per heavy atom. The van der Waals surface area contributed by atoms with Crippen LogP contribution in [0.15, 0.2) is 29.3 Å². The predicted octanol–water partition coefficient (Wildman–Crippen LogP) is 2.40. The summed E-state index contributed by atoms with van der Waals surface area (Å²) in [5.74, 6) is 0.238. The molecule has 1 aromatic rings. The number of benzene rings is 1. The third-order valence-electron chi connectivity index (χ3n) is 3.07. The maximum atomic E-state index is 12.2. The third kappa shape index (κ3) is 7.34. The summed E-state index contributed by atoms with van der Waals surface area (Å²) in [7, 11) is 3.35. The Kier molecular flexibility index (Phi) is 7.54. The average molecular weight is 344 g/mol. The SMILES string of the molecule is CCNC(=NCc1ccc(C(=O)N(C)C)cc1)NCCC(F)(F)F. The predicted molar refractivity (Wildman–Crippen MR) is 87.9 cm³/mol. The molecule has 0 aromatic heterocycles. The van der Waals surface area contributed by atoms with Gasteiger partial charge in [0.25, 0.3) is 5.91 Å². The molecular weight excluding hydrogens is 321 g/mol. The smallest absolute Gasteiger partial charge is 0.357 e. The molecule has 0 spiro atoms. The molecule has 5 nitrogen and oxygen atoms in total. The van der Waals surface area contributed by atoms with E-state index in [0.717, 1.165) is 5.56 Å². The summed E-state index contributed by atoms with van der Waals surface area (Å²) in [6.07, 6.45) is -5.11. The zero-order valence-corrected chi connectivity index (χ0v) is 14.1. The van der Waals surface area contributed by atoms with Crippen molar-refractivity contribution in [1.29, 1.82) is 0 Å². The Balaban J connectivity index is 2.63. The molecule has 0 atom stereocenters. The van der Waals surface area contributed by atoms with Crippen molar-refractivity contribution in [2.24, 2.45) is 4.99 Å². The molecule has 0 radical (unpaired) electrons. The van der Waals surface area contributed by atoms with E-state index in [1.807, 2.05) is 6.92 Å². The average Bonchev–Trinajstić information content (AvgIpc) is 2.51. The second-order valence-electron chi connectivity index (χ2n) is 5.38. The monoisotopic (exact) mass is 344 g/mol. The normalized spacial score (nSPS) is 12.0. The van der Waals surface area contributed by atoms with E-state index >= 15 is 0 Å². The number of hydrogen-bond acceptors (Lipinski definition) is 2. The molecule has 1 aromatic carbocycles. The first-order valence-corrected chi connectivity index (χ1v) is 7.62. The number of carbonyl (C=O) groups is 1. The van der Waals surface area contributed by atoms with Gasteiger partial charge in [-0.3, -0.25) is 4.79 Å². The molecule has 1 rings (SSSR count). The van der Waals surface area contributed by atoms with Gasteiger partial charge >= 0.3 is 6.18 Å². The highest BCUT2D eigenvalue weighted by atomic mass is 19.4. The fourth-order valence-electron chi connectivity index (χ4n) is 1.85. The summed E-state index contributed by atoms with van der Waals surface area (Å²) in [6, 6.07) is 6.97. The first-order chi connectivity index (χ1) is 11.2. The highest BCUT2D eigenvalue weighted by molar-refractivity contribution is 5.93. The molecule has 8 heteroatoms. The molecule has 0 aliphatic rings. The van der Waals surface area contributed by atoms with E-state index in [-0.39, 0.29) is 12.5 Å². The Morgan fingerprint density at radius 3 is 2.29 bits per heavy atom. The second-order valence-corrected chi connectivity index (χ2v) is 5.38. The lowest BCUT2D eigenvalue weighted by Gasteiger charge is -2.13. The number of carbonyl (C=O) groups excluding carboxylic acids is 1. The fourth-order valence-corrected chi connectivity index (χ4v) is 1.85. The van der Waals surface area contributed by atoms with Crippen molar-refractivity contribution in [3.8, 4) is 0 Å². The van der Waals surface area contributed by atoms with Crippen molar-refractivity contribution in [2.75, 3.05) is 27.2 Å². The quantitative estimate of drug-likeness (QED) is 0.615. The molecule has 0 aliphatic heterocycles. The lowest BCUT2D eigenvalue weighted by molar-refractivity contribution is -0.132. The molecule has 0 saturated carbocycles. The van der Waals surface area contributed by atoms with Crippen LogP contribution in [0.1, 0.15) is 29.3 Å². The summed E-state index contributed by atoms with van der Waals surface area (Å²) in [4.78, 5) is 17.5. The molecule has 24 heavy (non-hydrogen) atoms. The molecule has 2 N–H and O–H groups in total. The molecule has 0 aliphatic carbocycles. The van der Waals surface area contributed by atoms with E-state index in [1.165, 1.54) is 4.90 Å². The maximum absolute atomic E-state index is 12.2.